The van der Waals surface area contributed by atoms with Gasteiger partial charge in [0.05, 0.1) is 16.0 Å². The molecule has 1 atom stereocenters. The monoisotopic (exact) mass is 184 g/mol. The summed E-state index contributed by atoms with van der Waals surface area (Å²) in [5.41, 5.74) is 0. The van der Waals surface area contributed by atoms with Gasteiger partial charge in [0.25, 0.3) is 0 Å². The molecule has 0 aromatic carbocycles. The van der Waals surface area contributed by atoms with Crippen LogP contribution in [0.5, 0.6) is 0 Å². The van der Waals surface area contributed by atoms with Gasteiger partial charge >= 0.3 is 8.87 Å². The Morgan fingerprint density at radius 3 is 2.30 bits per heavy atom. The van der Waals surface area contributed by atoms with E-state index in [1.807, 2.05) is 6.92 Å². The van der Waals surface area contributed by atoms with Crippen LogP contribution in [0.25, 0.3) is 0 Å². The summed E-state index contributed by atoms with van der Waals surface area (Å²) >= 11 is 0. The van der Waals surface area contributed by atoms with Gasteiger partial charge in [0.2, 0.25) is 0 Å². The van der Waals surface area contributed by atoms with Crippen LogP contribution < -0.4 is 0 Å². The molecule has 3 nitrogen and oxygen atoms in total. The van der Waals surface area contributed by atoms with Crippen molar-refractivity contribution in [3.63, 3.8) is 0 Å². The summed E-state index contributed by atoms with van der Waals surface area (Å²) in [4.78, 5) is 0. The molecule has 62 valence electrons. The summed E-state index contributed by atoms with van der Waals surface area (Å²) in [6.45, 7) is 1.90. The predicted octanol–water partition coefficient (Wildman–Crippen LogP) is 0.495. The fourth-order valence-corrected chi connectivity index (χ4v) is 2.37. The van der Waals surface area contributed by atoms with Crippen molar-refractivity contribution in [1.29, 1.82) is 0 Å². The second-order valence-corrected chi connectivity index (χ2v) is 7.27. The first-order valence-corrected chi connectivity index (χ1v) is 6.80. The summed E-state index contributed by atoms with van der Waals surface area (Å²) in [5, 5.41) is 0. The van der Waals surface area contributed by atoms with E-state index in [1.165, 1.54) is 6.26 Å². The summed E-state index contributed by atoms with van der Waals surface area (Å²) < 4.78 is 32.1. The van der Waals surface area contributed by atoms with Gasteiger partial charge in [0.1, 0.15) is 6.26 Å². The van der Waals surface area contributed by atoms with Crippen molar-refractivity contribution in [3.05, 3.63) is 0 Å². The van der Waals surface area contributed by atoms with E-state index in [1.54, 1.807) is 0 Å². The quantitative estimate of drug-likeness (QED) is 0.472. The Morgan fingerprint density at radius 1 is 1.50 bits per heavy atom. The molecule has 0 bridgehead atoms. The molecule has 0 spiro atoms. The van der Waals surface area contributed by atoms with Gasteiger partial charge in [-0.3, -0.25) is 0 Å². The highest BCUT2D eigenvalue weighted by atomic mass is 33.2. The summed E-state index contributed by atoms with van der Waals surface area (Å²) in [6.07, 6.45) is 2.61. The Bertz CT molecular complexity index is 171. The van der Waals surface area contributed by atoms with E-state index in [0.717, 1.165) is 6.42 Å². The Balaban J connectivity index is 3.90. The van der Waals surface area contributed by atoms with Crippen LogP contribution in [0.2, 0.25) is 0 Å². The average molecular weight is 184 g/mol. The fourth-order valence-electron chi connectivity index (χ4n) is 0.438. The molecule has 0 amide bonds. The first-order chi connectivity index (χ1) is 4.50. The zero-order valence-electron chi connectivity index (χ0n) is 6.16. The topological polar surface area (TPSA) is 57.2 Å². The summed E-state index contributed by atoms with van der Waals surface area (Å²) in [6, 6.07) is 0. The second-order valence-electron chi connectivity index (χ2n) is 2.02. The Morgan fingerprint density at radius 2 is 2.00 bits per heavy atom. The van der Waals surface area contributed by atoms with Crippen LogP contribution in [-0.4, -0.2) is 25.0 Å². The van der Waals surface area contributed by atoms with Gasteiger partial charge in [-0.15, -0.1) is 0 Å². The third-order valence-electron chi connectivity index (χ3n) is 1.11. The Kier molecular flexibility index (Phi) is 4.31. The molecular formula is C5H12O3S2. The molecule has 5 heteroatoms. The lowest BCUT2D eigenvalue weighted by molar-refractivity contribution is 0.584. The van der Waals surface area contributed by atoms with E-state index in [2.05, 4.69) is 0 Å². The van der Waals surface area contributed by atoms with Crippen LogP contribution >= 0.6 is 0 Å². The third-order valence-corrected chi connectivity index (χ3v) is 5.25. The SMILES string of the molecule is CCCCS(=O)(=O)[S+](C)[O-]. The van der Waals surface area contributed by atoms with Crippen molar-refractivity contribution in [2.45, 2.75) is 19.8 Å². The zero-order valence-corrected chi connectivity index (χ0v) is 7.80. The van der Waals surface area contributed by atoms with Crippen LogP contribution in [0.15, 0.2) is 0 Å². The molecule has 0 radical (unpaired) electrons. The molecule has 0 aliphatic heterocycles. The molecule has 0 fully saturated rings. The molecule has 0 saturated heterocycles. The van der Waals surface area contributed by atoms with Crippen LogP contribution in [-0.2, 0) is 19.1 Å². The molecule has 0 aromatic rings. The van der Waals surface area contributed by atoms with Gasteiger partial charge < -0.3 is 4.55 Å². The molecule has 0 aliphatic rings. The van der Waals surface area contributed by atoms with Crippen LogP contribution in [0.1, 0.15) is 19.8 Å². The summed E-state index contributed by atoms with van der Waals surface area (Å²) in [5.74, 6) is 0.0482. The molecule has 10 heavy (non-hydrogen) atoms. The maximum atomic E-state index is 10.8. The molecule has 0 aromatic heterocycles. The fraction of sp³-hybridized carbons (Fsp3) is 1.00. The lowest BCUT2D eigenvalue weighted by Gasteiger charge is -2.03. The standard InChI is InChI=1S/C5H12O3S2/c1-3-4-5-10(7,8)9(2)6/h3-5H2,1-2H3. The number of rotatable bonds is 4. The van der Waals surface area contributed by atoms with Crippen molar-refractivity contribution < 1.29 is 13.0 Å². The van der Waals surface area contributed by atoms with Gasteiger partial charge in [-0.25, -0.2) is 0 Å². The van der Waals surface area contributed by atoms with E-state index >= 15 is 0 Å². The van der Waals surface area contributed by atoms with Crippen molar-refractivity contribution in [3.8, 4) is 0 Å². The average Bonchev–Trinajstić information content (AvgIpc) is 1.84. The van der Waals surface area contributed by atoms with Crippen molar-refractivity contribution in [1.82, 2.24) is 0 Å². The van der Waals surface area contributed by atoms with Gasteiger partial charge in [0.15, 0.2) is 0 Å². The van der Waals surface area contributed by atoms with Crippen LogP contribution in [0.4, 0.5) is 0 Å². The Hall–Kier alpha value is 0.260. The minimum Gasteiger partial charge on any atom is -0.602 e. The van der Waals surface area contributed by atoms with Crippen LogP contribution in [0, 0.1) is 0 Å². The number of hydrogen-bond acceptors (Lipinski definition) is 3. The van der Waals surface area contributed by atoms with Crippen molar-refractivity contribution >= 4 is 19.1 Å². The van der Waals surface area contributed by atoms with E-state index in [4.69, 9.17) is 0 Å². The highest BCUT2D eigenvalue weighted by molar-refractivity contribution is 8.66. The smallest absolute Gasteiger partial charge is 0.312 e. The molecular weight excluding hydrogens is 172 g/mol. The number of hydrogen-bond donors (Lipinski definition) is 0. The molecule has 0 N–H and O–H groups in total. The minimum absolute atomic E-state index is 0.0482. The molecule has 1 unspecified atom stereocenters. The first-order valence-electron chi connectivity index (χ1n) is 3.07. The maximum Gasteiger partial charge on any atom is 0.312 e. The largest absolute Gasteiger partial charge is 0.602 e. The summed E-state index contributed by atoms with van der Waals surface area (Å²) in [7, 11) is -4.99. The highest BCUT2D eigenvalue weighted by Gasteiger charge is 2.19. The molecule has 0 rings (SSSR count). The minimum atomic E-state index is -3.29. The normalized spacial score (nSPS) is 15.1. The lowest BCUT2D eigenvalue weighted by Crippen LogP contribution is -2.16. The maximum absolute atomic E-state index is 10.8. The third kappa shape index (κ3) is 3.43. The second kappa shape index (κ2) is 4.20. The van der Waals surface area contributed by atoms with E-state index < -0.39 is 19.1 Å². The van der Waals surface area contributed by atoms with Gasteiger partial charge in [-0.1, -0.05) is 13.3 Å². The molecule has 0 aliphatic carbocycles. The van der Waals surface area contributed by atoms with Gasteiger partial charge in [0, 0.05) is 0 Å². The Labute approximate surface area is 64.3 Å². The molecule has 0 saturated carbocycles. The lowest BCUT2D eigenvalue weighted by atomic mass is 10.4. The van der Waals surface area contributed by atoms with Gasteiger partial charge in [-0.05, 0) is 6.42 Å². The van der Waals surface area contributed by atoms with Gasteiger partial charge in [-0.2, -0.15) is 8.42 Å². The number of unbranched alkanes of at least 4 members (excludes halogenated alkanes) is 1. The predicted molar refractivity (Wildman–Crippen MR) is 42.8 cm³/mol. The van der Waals surface area contributed by atoms with Crippen molar-refractivity contribution in [2.24, 2.45) is 0 Å². The molecule has 0 heterocycles. The highest BCUT2D eigenvalue weighted by Crippen LogP contribution is 2.03. The van der Waals surface area contributed by atoms with E-state index in [-0.39, 0.29) is 5.75 Å². The first kappa shape index (κ1) is 10.3. The van der Waals surface area contributed by atoms with E-state index in [0.29, 0.717) is 6.42 Å². The van der Waals surface area contributed by atoms with Crippen LogP contribution in [0.3, 0.4) is 0 Å². The van der Waals surface area contributed by atoms with Crippen molar-refractivity contribution in [2.75, 3.05) is 12.0 Å². The van der Waals surface area contributed by atoms with E-state index in [9.17, 15) is 13.0 Å². The zero-order chi connectivity index (χ0) is 8.20.